The van der Waals surface area contributed by atoms with Crippen LogP contribution < -0.4 is 39.1 Å². The third-order valence-corrected chi connectivity index (χ3v) is 18.0. The average Bonchev–Trinajstić information content (AvgIpc) is 3.46. The van der Waals surface area contributed by atoms with Gasteiger partial charge >= 0.3 is 0 Å². The lowest BCUT2D eigenvalue weighted by Gasteiger charge is -2.21. The van der Waals surface area contributed by atoms with E-state index in [0.29, 0.717) is 65.6 Å². The molecule has 6 aromatic rings. The molecule has 5 N–H and O–H groups in total. The van der Waals surface area contributed by atoms with E-state index in [-0.39, 0.29) is 63.8 Å². The van der Waals surface area contributed by atoms with Gasteiger partial charge in [0.15, 0.2) is 5.25 Å². The minimum Gasteiger partial charge on any atom is -0.490 e. The third kappa shape index (κ3) is 11.9. The topological polar surface area (TPSA) is 277 Å². The van der Waals surface area contributed by atoms with E-state index in [4.69, 9.17) is 28.4 Å². The number of rotatable bonds is 9. The van der Waals surface area contributed by atoms with Crippen molar-refractivity contribution in [2.75, 3.05) is 52.7 Å². The molecular weight excluding hydrogens is 1040 g/mol. The van der Waals surface area contributed by atoms with Gasteiger partial charge in [0.1, 0.15) is 74.1 Å². The largest absolute Gasteiger partial charge is 0.490 e. The minimum atomic E-state index is -5.55. The maximum absolute atomic E-state index is 14.8. The van der Waals surface area contributed by atoms with E-state index < -0.39 is 65.1 Å². The standard InChI is InChI=1S/C54H52N2O17S3/c57-53(56-31-51(75(62,63)64)76(65,66)67)50(74(59,60)61)30-55-54(58)52-48-29-36-5-11-47-27-41(36)22-35-4-10-46-28-42(35)23-37(48)6-12-49(52)73-18-17-72-45-9-3-34-20-39-25-44(69-14-16-71-47)7-1-32(39)19-38-24-43(68-13-15-70-46)8-2-33(38)21-40(34)26-45/h1-12,24-28,50-51H,13-23,29-31H2,(H,55,58)(H,56,57)(H,59,60,61)(H,62,63,64)(H,65,66,67). The van der Waals surface area contributed by atoms with Crippen molar-refractivity contribution in [3.05, 3.63) is 175 Å². The number of ether oxygens (including phenoxy) is 6. The lowest BCUT2D eigenvalue weighted by Crippen LogP contribution is -2.50. The Kier molecular flexibility index (Phi) is 14.7. The molecule has 0 saturated carbocycles. The number of hydrogen-bond acceptors (Lipinski definition) is 14. The number of carbonyl (C=O) groups is 2. The van der Waals surface area contributed by atoms with Crippen molar-refractivity contribution in [3.8, 4) is 34.5 Å². The number of nitrogens with one attached hydrogen (secondary N) is 2. The van der Waals surface area contributed by atoms with Crippen LogP contribution >= 0.6 is 0 Å². The van der Waals surface area contributed by atoms with Gasteiger partial charge in [0.05, 0.1) is 12.1 Å². The molecule has 0 aromatic heterocycles. The first kappa shape index (κ1) is 52.2. The highest BCUT2D eigenvalue weighted by molar-refractivity contribution is 8.04. The first-order valence-corrected chi connectivity index (χ1v) is 28.8. The Labute approximate surface area is 438 Å². The SMILES string of the molecule is O=C(NCC(C(=O)NCC(S(=O)(=O)O)S(=O)(=O)O)S(=O)(=O)O)c1c2ccc3c1Cc1ccc4cc1Cc1ccc(cc1C3)OCCOc1ccc3c(c1)Cc1ccc(cc1Cc1ccc(cc1C3)OCCO2)OCCO4. The fourth-order valence-electron chi connectivity index (χ4n) is 9.99. The molecular formula is C54H52N2O17S3. The van der Waals surface area contributed by atoms with Crippen molar-refractivity contribution in [2.45, 2.75) is 48.4 Å². The van der Waals surface area contributed by atoms with E-state index in [2.05, 4.69) is 29.6 Å². The van der Waals surface area contributed by atoms with Gasteiger partial charge in [0, 0.05) is 6.54 Å². The summed E-state index contributed by atoms with van der Waals surface area (Å²) in [5.41, 5.74) is 11.1. The second-order valence-corrected chi connectivity index (χ2v) is 23.9. The summed E-state index contributed by atoms with van der Waals surface area (Å²) in [5, 5.41) is 1.59. The number of benzene rings is 6. The van der Waals surface area contributed by atoms with Crippen LogP contribution in [0.1, 0.15) is 77.1 Å². The van der Waals surface area contributed by atoms with Gasteiger partial charge in [-0.05, 0) is 172 Å². The fraction of sp³-hybridized carbons (Fsp3) is 0.296. The average molecular weight is 1100 g/mol. The molecule has 0 spiro atoms. The summed E-state index contributed by atoms with van der Waals surface area (Å²) in [4.78, 5) is 28.1. The van der Waals surface area contributed by atoms with Crippen LogP contribution in [0.15, 0.2) is 103 Å². The summed E-state index contributed by atoms with van der Waals surface area (Å²) in [6.45, 7) is -1.79. The Balaban J connectivity index is 1.07. The van der Waals surface area contributed by atoms with E-state index in [1.807, 2.05) is 72.8 Å². The lowest BCUT2D eigenvalue weighted by molar-refractivity contribution is -0.120. The van der Waals surface area contributed by atoms with Gasteiger partial charge in [-0.2, -0.15) is 25.3 Å². The number of hydrogen-bond donors (Lipinski definition) is 5. The summed E-state index contributed by atoms with van der Waals surface area (Å²) in [5.74, 6) is 0.564. The molecule has 12 aliphatic heterocycles. The molecule has 20 rings (SSSR count). The van der Waals surface area contributed by atoms with Crippen LogP contribution in [-0.2, 0) is 73.7 Å². The first-order valence-electron chi connectivity index (χ1n) is 24.3. The van der Waals surface area contributed by atoms with Gasteiger partial charge in [-0.15, -0.1) is 0 Å². The molecule has 0 saturated heterocycles. The van der Waals surface area contributed by atoms with Crippen molar-refractivity contribution in [2.24, 2.45) is 0 Å². The predicted molar refractivity (Wildman–Crippen MR) is 276 cm³/mol. The summed E-state index contributed by atoms with van der Waals surface area (Å²) in [7, 11) is -16.5. The van der Waals surface area contributed by atoms with Crippen LogP contribution in [0.4, 0.5) is 0 Å². The predicted octanol–water partition coefficient (Wildman–Crippen LogP) is 5.06. The summed E-state index contributed by atoms with van der Waals surface area (Å²) in [6.07, 6.45) is 2.71. The Morgan fingerprint density at radius 1 is 0.408 bits per heavy atom. The molecule has 18 bridgehead atoms. The molecule has 19 nitrogen and oxygen atoms in total. The zero-order chi connectivity index (χ0) is 53.4. The Bertz CT molecular complexity index is 3560. The van der Waals surface area contributed by atoms with E-state index in [9.17, 15) is 48.5 Å². The molecule has 14 aliphatic rings. The molecule has 6 aromatic carbocycles. The molecule has 0 fully saturated rings. The highest BCUT2D eigenvalue weighted by Gasteiger charge is 2.39. The fourth-order valence-corrected chi connectivity index (χ4v) is 12.5. The highest BCUT2D eigenvalue weighted by atomic mass is 32.3. The third-order valence-electron chi connectivity index (χ3n) is 13.8. The van der Waals surface area contributed by atoms with Crippen molar-refractivity contribution < 1.29 is 76.9 Å². The molecule has 1 unspecified atom stereocenters. The molecule has 398 valence electrons. The molecule has 1 atom stereocenters. The molecule has 22 heteroatoms. The van der Waals surface area contributed by atoms with Crippen LogP contribution in [0, 0.1) is 0 Å². The van der Waals surface area contributed by atoms with Crippen LogP contribution in [0.25, 0.3) is 0 Å². The molecule has 2 aliphatic carbocycles. The quantitative estimate of drug-likeness (QED) is 0.118. The molecule has 76 heavy (non-hydrogen) atoms. The lowest BCUT2D eigenvalue weighted by atomic mass is 9.90. The van der Waals surface area contributed by atoms with Gasteiger partial charge < -0.3 is 39.1 Å². The monoisotopic (exact) mass is 1100 g/mol. The first-order chi connectivity index (χ1) is 36.3. The van der Waals surface area contributed by atoms with Gasteiger partial charge in [-0.3, -0.25) is 23.2 Å². The molecule has 2 amide bonds. The van der Waals surface area contributed by atoms with Crippen molar-refractivity contribution in [1.82, 2.24) is 10.6 Å². The number of amides is 2. The second-order valence-electron chi connectivity index (χ2n) is 18.8. The zero-order valence-electron chi connectivity index (χ0n) is 40.7. The van der Waals surface area contributed by atoms with Gasteiger partial charge in [0.25, 0.3) is 36.3 Å². The van der Waals surface area contributed by atoms with Crippen LogP contribution in [0.3, 0.4) is 0 Å². The molecule has 12 heterocycles. The van der Waals surface area contributed by atoms with E-state index in [0.717, 1.165) is 55.6 Å². The Hall–Kier alpha value is -7.21. The van der Waals surface area contributed by atoms with Gasteiger partial charge in [-0.1, -0.05) is 36.4 Å². The van der Waals surface area contributed by atoms with Gasteiger partial charge in [-0.25, -0.2) is 0 Å². The highest BCUT2D eigenvalue weighted by Crippen LogP contribution is 2.37. The minimum absolute atomic E-state index is 0.0125. The van der Waals surface area contributed by atoms with Crippen molar-refractivity contribution >= 4 is 42.2 Å². The normalized spacial score (nSPS) is 15.6. The van der Waals surface area contributed by atoms with Gasteiger partial charge in [0.2, 0.25) is 10.5 Å². The van der Waals surface area contributed by atoms with E-state index >= 15 is 0 Å². The molecule has 0 radical (unpaired) electrons. The zero-order valence-corrected chi connectivity index (χ0v) is 43.1. The maximum atomic E-state index is 14.8. The van der Waals surface area contributed by atoms with E-state index in [1.165, 1.54) is 0 Å². The van der Waals surface area contributed by atoms with Crippen LogP contribution in [-0.4, -0.2) is 113 Å². The van der Waals surface area contributed by atoms with Crippen molar-refractivity contribution in [1.29, 1.82) is 0 Å². The second kappa shape index (κ2) is 21.4. The summed E-state index contributed by atoms with van der Waals surface area (Å²) < 4.78 is 136. The van der Waals surface area contributed by atoms with Crippen LogP contribution in [0.5, 0.6) is 34.5 Å². The number of carbonyl (C=O) groups excluding carboxylic acids is 2. The maximum Gasteiger partial charge on any atom is 0.286 e. The summed E-state index contributed by atoms with van der Waals surface area (Å²) in [6, 6.07) is 33.2. The van der Waals surface area contributed by atoms with Crippen molar-refractivity contribution in [3.63, 3.8) is 0 Å². The Morgan fingerprint density at radius 2 is 0.750 bits per heavy atom. The smallest absolute Gasteiger partial charge is 0.286 e. The summed E-state index contributed by atoms with van der Waals surface area (Å²) >= 11 is 0. The van der Waals surface area contributed by atoms with Crippen LogP contribution in [0.2, 0.25) is 0 Å². The Morgan fingerprint density at radius 3 is 1.12 bits per heavy atom. The van der Waals surface area contributed by atoms with E-state index in [1.54, 1.807) is 11.4 Å².